The third kappa shape index (κ3) is 2.82. The lowest BCUT2D eigenvalue weighted by molar-refractivity contribution is -0.0307. The highest BCUT2D eigenvalue weighted by molar-refractivity contribution is 4.84. The van der Waals surface area contributed by atoms with Crippen molar-refractivity contribution < 1.29 is 4.74 Å². The standard InChI is InChI=1S/C10H20O/c1-7(2)10(9-5-6-9)11-8(3)4/h7-10H,5-6H2,1-4H3/t10-/m1/s1. The lowest BCUT2D eigenvalue weighted by atomic mass is 10.0. The number of ether oxygens (including phenoxy) is 1. The molecule has 0 amide bonds. The molecule has 1 saturated carbocycles. The first-order valence-electron chi connectivity index (χ1n) is 4.76. The first kappa shape index (κ1) is 9.05. The fourth-order valence-corrected chi connectivity index (χ4v) is 1.55. The maximum absolute atomic E-state index is 5.84. The Kier molecular flexibility index (Phi) is 2.94. The highest BCUT2D eigenvalue weighted by atomic mass is 16.5. The fourth-order valence-electron chi connectivity index (χ4n) is 1.55. The normalized spacial score (nSPS) is 21.3. The van der Waals surface area contributed by atoms with Gasteiger partial charge in [-0.2, -0.15) is 0 Å². The molecule has 0 aromatic rings. The van der Waals surface area contributed by atoms with Gasteiger partial charge in [0.1, 0.15) is 0 Å². The molecule has 1 aliphatic rings. The monoisotopic (exact) mass is 156 g/mol. The molecule has 0 bridgehead atoms. The molecule has 0 aliphatic heterocycles. The Bertz CT molecular complexity index is 112. The minimum atomic E-state index is 0.392. The minimum Gasteiger partial charge on any atom is -0.375 e. The summed E-state index contributed by atoms with van der Waals surface area (Å²) < 4.78 is 5.84. The van der Waals surface area contributed by atoms with Crippen LogP contribution in [0.15, 0.2) is 0 Å². The van der Waals surface area contributed by atoms with Crippen LogP contribution >= 0.6 is 0 Å². The number of rotatable bonds is 4. The first-order chi connectivity index (χ1) is 5.11. The van der Waals surface area contributed by atoms with E-state index < -0.39 is 0 Å². The summed E-state index contributed by atoms with van der Waals surface area (Å²) in [5.74, 6) is 1.56. The third-order valence-corrected chi connectivity index (χ3v) is 2.17. The van der Waals surface area contributed by atoms with Gasteiger partial charge < -0.3 is 4.74 Å². The van der Waals surface area contributed by atoms with Gasteiger partial charge in [-0.15, -0.1) is 0 Å². The van der Waals surface area contributed by atoms with Crippen LogP contribution in [0.25, 0.3) is 0 Å². The zero-order chi connectivity index (χ0) is 8.43. The zero-order valence-corrected chi connectivity index (χ0v) is 8.13. The molecule has 66 valence electrons. The maximum atomic E-state index is 5.84. The van der Waals surface area contributed by atoms with E-state index in [4.69, 9.17) is 4.74 Å². The van der Waals surface area contributed by atoms with Crippen LogP contribution in [0.1, 0.15) is 40.5 Å². The van der Waals surface area contributed by atoms with Gasteiger partial charge in [-0.05, 0) is 38.5 Å². The summed E-state index contributed by atoms with van der Waals surface area (Å²) in [7, 11) is 0. The van der Waals surface area contributed by atoms with Crippen molar-refractivity contribution in [1.82, 2.24) is 0 Å². The summed E-state index contributed by atoms with van der Waals surface area (Å²) >= 11 is 0. The third-order valence-electron chi connectivity index (χ3n) is 2.17. The molecule has 1 nitrogen and oxygen atoms in total. The Labute approximate surface area is 70.1 Å². The van der Waals surface area contributed by atoms with Crippen LogP contribution in [0.5, 0.6) is 0 Å². The van der Waals surface area contributed by atoms with Crippen molar-refractivity contribution in [2.75, 3.05) is 0 Å². The van der Waals surface area contributed by atoms with Gasteiger partial charge in [0.2, 0.25) is 0 Å². The molecular formula is C10H20O. The molecule has 1 atom stereocenters. The summed E-state index contributed by atoms with van der Waals surface area (Å²) in [6, 6.07) is 0. The topological polar surface area (TPSA) is 9.23 Å². The Morgan fingerprint density at radius 3 is 1.91 bits per heavy atom. The summed E-state index contributed by atoms with van der Waals surface area (Å²) in [6.45, 7) is 8.76. The van der Waals surface area contributed by atoms with Crippen LogP contribution in [0.2, 0.25) is 0 Å². The average molecular weight is 156 g/mol. The molecule has 0 saturated heterocycles. The quantitative estimate of drug-likeness (QED) is 0.608. The van der Waals surface area contributed by atoms with E-state index in [1.165, 1.54) is 12.8 Å². The van der Waals surface area contributed by atoms with Gasteiger partial charge in [-0.3, -0.25) is 0 Å². The van der Waals surface area contributed by atoms with Gasteiger partial charge in [0.05, 0.1) is 12.2 Å². The summed E-state index contributed by atoms with van der Waals surface area (Å²) in [6.07, 6.45) is 3.68. The van der Waals surface area contributed by atoms with E-state index in [0.717, 1.165) is 5.92 Å². The molecule has 1 heteroatoms. The molecule has 0 N–H and O–H groups in total. The van der Waals surface area contributed by atoms with E-state index in [9.17, 15) is 0 Å². The largest absolute Gasteiger partial charge is 0.375 e. The van der Waals surface area contributed by atoms with Crippen LogP contribution in [0, 0.1) is 11.8 Å². The van der Waals surface area contributed by atoms with Gasteiger partial charge in [-0.1, -0.05) is 13.8 Å². The van der Waals surface area contributed by atoms with Crippen molar-refractivity contribution in [1.29, 1.82) is 0 Å². The number of hydrogen-bond acceptors (Lipinski definition) is 1. The van der Waals surface area contributed by atoms with Gasteiger partial charge in [0.15, 0.2) is 0 Å². The first-order valence-corrected chi connectivity index (χ1v) is 4.76. The van der Waals surface area contributed by atoms with E-state index in [1.54, 1.807) is 0 Å². The molecule has 0 aromatic carbocycles. The van der Waals surface area contributed by atoms with Crippen LogP contribution < -0.4 is 0 Å². The number of hydrogen-bond donors (Lipinski definition) is 0. The molecular weight excluding hydrogens is 136 g/mol. The Hall–Kier alpha value is -0.0400. The highest BCUT2D eigenvalue weighted by Gasteiger charge is 2.34. The molecule has 0 aromatic heterocycles. The predicted molar refractivity (Wildman–Crippen MR) is 47.6 cm³/mol. The second-order valence-corrected chi connectivity index (χ2v) is 4.23. The SMILES string of the molecule is CC(C)O[C@H](C(C)C)C1CC1. The van der Waals surface area contributed by atoms with Crippen LogP contribution in [0.4, 0.5) is 0 Å². The predicted octanol–water partition coefficient (Wildman–Crippen LogP) is 2.85. The van der Waals surface area contributed by atoms with Crippen molar-refractivity contribution in [3.63, 3.8) is 0 Å². The Morgan fingerprint density at radius 2 is 1.64 bits per heavy atom. The van der Waals surface area contributed by atoms with Crippen molar-refractivity contribution in [3.05, 3.63) is 0 Å². The molecule has 11 heavy (non-hydrogen) atoms. The molecule has 1 fully saturated rings. The molecule has 1 aliphatic carbocycles. The van der Waals surface area contributed by atoms with Crippen LogP contribution in [-0.4, -0.2) is 12.2 Å². The van der Waals surface area contributed by atoms with E-state index in [0.29, 0.717) is 18.1 Å². The smallest absolute Gasteiger partial charge is 0.0629 e. The molecule has 0 radical (unpaired) electrons. The summed E-state index contributed by atoms with van der Waals surface area (Å²) in [5.41, 5.74) is 0. The van der Waals surface area contributed by atoms with Gasteiger partial charge in [0.25, 0.3) is 0 Å². The van der Waals surface area contributed by atoms with E-state index in [1.807, 2.05) is 0 Å². The molecule has 1 rings (SSSR count). The van der Waals surface area contributed by atoms with Crippen LogP contribution in [0.3, 0.4) is 0 Å². The van der Waals surface area contributed by atoms with Crippen molar-refractivity contribution in [2.45, 2.75) is 52.7 Å². The van der Waals surface area contributed by atoms with E-state index >= 15 is 0 Å². The molecule has 0 unspecified atom stereocenters. The second kappa shape index (κ2) is 3.57. The van der Waals surface area contributed by atoms with Gasteiger partial charge >= 0.3 is 0 Å². The van der Waals surface area contributed by atoms with Crippen molar-refractivity contribution in [3.8, 4) is 0 Å². The van der Waals surface area contributed by atoms with E-state index in [-0.39, 0.29) is 0 Å². The Morgan fingerprint density at radius 1 is 1.09 bits per heavy atom. The van der Waals surface area contributed by atoms with Crippen molar-refractivity contribution in [2.24, 2.45) is 11.8 Å². The van der Waals surface area contributed by atoms with E-state index in [2.05, 4.69) is 27.7 Å². The molecule has 0 spiro atoms. The van der Waals surface area contributed by atoms with Crippen molar-refractivity contribution >= 4 is 0 Å². The maximum Gasteiger partial charge on any atom is 0.0629 e. The summed E-state index contributed by atoms with van der Waals surface area (Å²) in [5, 5.41) is 0. The lowest BCUT2D eigenvalue weighted by Crippen LogP contribution is -2.25. The second-order valence-electron chi connectivity index (χ2n) is 4.23. The zero-order valence-electron chi connectivity index (χ0n) is 8.13. The average Bonchev–Trinajstić information content (AvgIpc) is 2.63. The van der Waals surface area contributed by atoms with Gasteiger partial charge in [0, 0.05) is 0 Å². The lowest BCUT2D eigenvalue weighted by Gasteiger charge is -2.23. The minimum absolute atomic E-state index is 0.392. The van der Waals surface area contributed by atoms with Crippen LogP contribution in [-0.2, 0) is 4.74 Å². The Balaban J connectivity index is 2.32. The highest BCUT2D eigenvalue weighted by Crippen LogP contribution is 2.37. The molecule has 0 heterocycles. The summed E-state index contributed by atoms with van der Waals surface area (Å²) in [4.78, 5) is 0. The van der Waals surface area contributed by atoms with Gasteiger partial charge in [-0.25, -0.2) is 0 Å². The fraction of sp³-hybridized carbons (Fsp3) is 1.00.